The van der Waals surface area contributed by atoms with Crippen LogP contribution in [0.25, 0.3) is 0 Å². The lowest BCUT2D eigenvalue weighted by Gasteiger charge is -2.28. The van der Waals surface area contributed by atoms with Gasteiger partial charge in [0.15, 0.2) is 0 Å². The SMILES string of the molecule is CSc1cc(C(F)(F)F)cc(C(F)(F)F)c1C(=O)N=C1COCCC1NC1CCCC1. The molecule has 1 saturated carbocycles. The van der Waals surface area contributed by atoms with E-state index in [0.29, 0.717) is 30.9 Å². The molecule has 2 fully saturated rings. The quantitative estimate of drug-likeness (QED) is 0.478. The number of nitrogens with one attached hydrogen (secondary N) is 1. The summed E-state index contributed by atoms with van der Waals surface area (Å²) in [6.07, 6.45) is -4.23. The summed E-state index contributed by atoms with van der Waals surface area (Å²) in [6, 6.07) is 0.446. The van der Waals surface area contributed by atoms with Crippen molar-refractivity contribution in [3.05, 3.63) is 28.8 Å². The first-order valence-corrected chi connectivity index (χ1v) is 11.0. The molecule has 1 aromatic carbocycles. The number of alkyl halides is 6. The maximum absolute atomic E-state index is 13.6. The number of aliphatic imine (C=N–C) groups is 1. The van der Waals surface area contributed by atoms with Gasteiger partial charge in [-0.15, -0.1) is 11.8 Å². The van der Waals surface area contributed by atoms with Crippen LogP contribution < -0.4 is 5.32 Å². The molecule has 0 spiro atoms. The molecule has 172 valence electrons. The van der Waals surface area contributed by atoms with Crippen molar-refractivity contribution in [1.29, 1.82) is 0 Å². The van der Waals surface area contributed by atoms with E-state index in [-0.39, 0.29) is 30.5 Å². The van der Waals surface area contributed by atoms with Crippen LogP contribution in [-0.2, 0) is 17.1 Å². The first kappa shape index (κ1) is 24.1. The van der Waals surface area contributed by atoms with Gasteiger partial charge in [-0.25, -0.2) is 4.99 Å². The van der Waals surface area contributed by atoms with Gasteiger partial charge in [0.2, 0.25) is 0 Å². The summed E-state index contributed by atoms with van der Waals surface area (Å²) in [4.78, 5) is 16.3. The summed E-state index contributed by atoms with van der Waals surface area (Å²) in [5.41, 5.74) is -3.71. The first-order chi connectivity index (χ1) is 14.5. The molecule has 1 heterocycles. The zero-order valence-corrected chi connectivity index (χ0v) is 17.5. The van der Waals surface area contributed by atoms with Crippen LogP contribution in [0.5, 0.6) is 0 Å². The third-order valence-electron chi connectivity index (χ3n) is 5.41. The van der Waals surface area contributed by atoms with E-state index in [9.17, 15) is 31.1 Å². The van der Waals surface area contributed by atoms with Gasteiger partial charge in [-0.1, -0.05) is 12.8 Å². The molecule has 31 heavy (non-hydrogen) atoms. The third-order valence-corrected chi connectivity index (χ3v) is 6.17. The number of carbonyl (C=O) groups excluding carboxylic acids is 1. The van der Waals surface area contributed by atoms with E-state index in [4.69, 9.17) is 4.74 Å². The second kappa shape index (κ2) is 9.50. The Bertz CT molecular complexity index is 847. The van der Waals surface area contributed by atoms with Crippen LogP contribution in [-0.4, -0.2) is 43.2 Å². The molecule has 1 atom stereocenters. The lowest BCUT2D eigenvalue weighted by molar-refractivity contribution is -0.143. The standard InChI is InChI=1S/C20H22F6N2O2S/c1-31-16-9-11(19(21,22)23)8-13(20(24,25)26)17(16)18(29)28-15-10-30-7-6-14(15)27-12-4-2-3-5-12/h8-9,12,14,27H,2-7,10H2,1H3. The van der Waals surface area contributed by atoms with Gasteiger partial charge in [0.1, 0.15) is 0 Å². The number of nitrogens with zero attached hydrogens (tertiary/aromatic N) is 1. The van der Waals surface area contributed by atoms with Crippen LogP contribution in [0.15, 0.2) is 22.0 Å². The fourth-order valence-corrected chi connectivity index (χ4v) is 4.53. The number of thioether (sulfide) groups is 1. The highest BCUT2D eigenvalue weighted by molar-refractivity contribution is 7.98. The molecule has 0 aromatic heterocycles. The Morgan fingerprint density at radius 3 is 2.35 bits per heavy atom. The minimum Gasteiger partial charge on any atom is -0.375 e. The van der Waals surface area contributed by atoms with Crippen LogP contribution in [0.2, 0.25) is 0 Å². The predicted octanol–water partition coefficient (Wildman–Crippen LogP) is 5.35. The van der Waals surface area contributed by atoms with E-state index in [2.05, 4.69) is 10.3 Å². The summed E-state index contributed by atoms with van der Waals surface area (Å²) in [7, 11) is 0. The lowest BCUT2D eigenvalue weighted by Crippen LogP contribution is -2.47. The zero-order chi connectivity index (χ0) is 22.8. The average molecular weight is 468 g/mol. The fraction of sp³-hybridized carbons (Fsp3) is 0.600. The number of amides is 1. The van der Waals surface area contributed by atoms with Crippen molar-refractivity contribution in [2.45, 2.75) is 61.4 Å². The number of hydrogen-bond acceptors (Lipinski definition) is 4. The van der Waals surface area contributed by atoms with Crippen molar-refractivity contribution in [2.24, 2.45) is 4.99 Å². The van der Waals surface area contributed by atoms with E-state index in [0.717, 1.165) is 25.7 Å². The Labute approximate surface area is 179 Å². The monoisotopic (exact) mass is 468 g/mol. The molecule has 3 rings (SSSR count). The Morgan fingerprint density at radius 1 is 1.10 bits per heavy atom. The van der Waals surface area contributed by atoms with Gasteiger partial charge in [-0.2, -0.15) is 26.3 Å². The number of ether oxygens (including phenoxy) is 1. The Hall–Kier alpha value is -1.59. The molecule has 4 nitrogen and oxygen atoms in total. The van der Waals surface area contributed by atoms with Gasteiger partial charge in [0.25, 0.3) is 5.91 Å². The van der Waals surface area contributed by atoms with Crippen LogP contribution >= 0.6 is 11.8 Å². The van der Waals surface area contributed by atoms with Crippen LogP contribution in [0.3, 0.4) is 0 Å². The molecule has 0 bridgehead atoms. The van der Waals surface area contributed by atoms with Crippen LogP contribution in [0, 0.1) is 0 Å². The lowest BCUT2D eigenvalue weighted by atomic mass is 10.0. The van der Waals surface area contributed by atoms with Crippen molar-refractivity contribution in [2.75, 3.05) is 19.5 Å². The van der Waals surface area contributed by atoms with Gasteiger partial charge in [0, 0.05) is 17.5 Å². The van der Waals surface area contributed by atoms with Gasteiger partial charge in [-0.3, -0.25) is 4.79 Å². The second-order valence-corrected chi connectivity index (χ2v) is 8.39. The predicted molar refractivity (Wildman–Crippen MR) is 105 cm³/mol. The molecule has 0 radical (unpaired) electrons. The number of halogens is 6. The molecule has 1 aliphatic carbocycles. The number of carbonyl (C=O) groups is 1. The van der Waals surface area contributed by atoms with E-state index >= 15 is 0 Å². The Morgan fingerprint density at radius 2 is 1.77 bits per heavy atom. The molecule has 1 aliphatic heterocycles. The van der Waals surface area contributed by atoms with Crippen LogP contribution in [0.4, 0.5) is 26.3 Å². The van der Waals surface area contributed by atoms with Crippen molar-refractivity contribution in [3.8, 4) is 0 Å². The molecule has 11 heteroatoms. The minimum absolute atomic E-state index is 0.0211. The maximum atomic E-state index is 13.6. The van der Waals surface area contributed by atoms with Crippen molar-refractivity contribution < 1.29 is 35.9 Å². The summed E-state index contributed by atoms with van der Waals surface area (Å²) in [6.45, 7) is 0.397. The van der Waals surface area contributed by atoms with E-state index in [1.807, 2.05) is 0 Å². The normalized spacial score (nSPS) is 22.3. The summed E-state index contributed by atoms with van der Waals surface area (Å²) < 4.78 is 85.5. The zero-order valence-electron chi connectivity index (χ0n) is 16.7. The van der Waals surface area contributed by atoms with E-state index in [1.165, 1.54) is 6.26 Å². The number of rotatable bonds is 4. The molecule has 1 saturated heterocycles. The number of benzene rings is 1. The second-order valence-electron chi connectivity index (χ2n) is 7.55. The first-order valence-electron chi connectivity index (χ1n) is 9.82. The van der Waals surface area contributed by atoms with E-state index in [1.54, 1.807) is 0 Å². The fourth-order valence-electron chi connectivity index (χ4n) is 3.88. The molecular formula is C20H22F6N2O2S. The molecule has 2 aliphatic rings. The summed E-state index contributed by atoms with van der Waals surface area (Å²) in [5.74, 6) is -1.22. The molecule has 1 N–H and O–H groups in total. The van der Waals surface area contributed by atoms with Crippen molar-refractivity contribution >= 4 is 23.4 Å². The van der Waals surface area contributed by atoms with Gasteiger partial charge in [-0.05, 0) is 37.7 Å². The average Bonchev–Trinajstić information content (AvgIpc) is 3.20. The molecule has 1 aromatic rings. The van der Waals surface area contributed by atoms with Gasteiger partial charge >= 0.3 is 12.4 Å². The largest absolute Gasteiger partial charge is 0.417 e. The summed E-state index contributed by atoms with van der Waals surface area (Å²) >= 11 is 0.636. The van der Waals surface area contributed by atoms with Gasteiger partial charge in [0.05, 0.1) is 35.1 Å². The highest BCUT2D eigenvalue weighted by atomic mass is 32.2. The van der Waals surface area contributed by atoms with Gasteiger partial charge < -0.3 is 10.1 Å². The Balaban J connectivity index is 2.00. The van der Waals surface area contributed by atoms with Crippen molar-refractivity contribution in [3.63, 3.8) is 0 Å². The van der Waals surface area contributed by atoms with Crippen LogP contribution in [0.1, 0.15) is 53.6 Å². The smallest absolute Gasteiger partial charge is 0.375 e. The van der Waals surface area contributed by atoms with E-state index < -0.39 is 39.8 Å². The number of hydrogen-bond donors (Lipinski definition) is 1. The molecular weight excluding hydrogens is 446 g/mol. The highest BCUT2D eigenvalue weighted by Gasteiger charge is 2.41. The molecule has 1 amide bonds. The maximum Gasteiger partial charge on any atom is 0.417 e. The minimum atomic E-state index is -5.15. The molecule has 1 unspecified atom stereocenters. The third kappa shape index (κ3) is 5.81. The highest BCUT2D eigenvalue weighted by Crippen LogP contribution is 2.41. The topological polar surface area (TPSA) is 50.7 Å². The Kier molecular flexibility index (Phi) is 7.37. The summed E-state index contributed by atoms with van der Waals surface area (Å²) in [5, 5.41) is 3.39. The van der Waals surface area contributed by atoms with Crippen molar-refractivity contribution in [1.82, 2.24) is 5.32 Å².